The highest BCUT2D eigenvalue weighted by Gasteiger charge is 2.54. The van der Waals surface area contributed by atoms with Gasteiger partial charge in [0.1, 0.15) is 0 Å². The number of hydrogen-bond acceptors (Lipinski definition) is 6. The van der Waals surface area contributed by atoms with E-state index in [1.165, 1.54) is 0 Å². The second kappa shape index (κ2) is 3.73. The predicted molar refractivity (Wildman–Crippen MR) is 47.2 cm³/mol. The van der Waals surface area contributed by atoms with Gasteiger partial charge in [-0.3, -0.25) is 10.6 Å². The van der Waals surface area contributed by atoms with Crippen LogP contribution in [0.25, 0.3) is 0 Å². The second-order valence-corrected chi connectivity index (χ2v) is 3.79. The van der Waals surface area contributed by atoms with Gasteiger partial charge < -0.3 is 20.1 Å². The van der Waals surface area contributed by atoms with Gasteiger partial charge in [-0.15, -0.1) is 0 Å². The number of ether oxygens (including phenoxy) is 1. The maximum absolute atomic E-state index is 9.65. The third-order valence-corrected chi connectivity index (χ3v) is 3.04. The molecule has 1 aliphatic carbocycles. The van der Waals surface area contributed by atoms with Crippen molar-refractivity contribution in [2.75, 3.05) is 13.7 Å². The van der Waals surface area contributed by atoms with Gasteiger partial charge in [0.15, 0.2) is 6.35 Å². The standard InChI is InChI=1S/C8H16N2O4/c1-9-8-10-4-6(13)5(12)3(2-11)7(4)14-8/h3-13H,2H2,1H3/t3-,4-,5-,6-,7+,8?/m1/s1. The number of rotatable bonds is 2. The third-order valence-electron chi connectivity index (χ3n) is 3.04. The van der Waals surface area contributed by atoms with Crippen LogP contribution in [0.1, 0.15) is 0 Å². The molecule has 6 nitrogen and oxygen atoms in total. The molecule has 1 unspecified atom stereocenters. The summed E-state index contributed by atoms with van der Waals surface area (Å²) in [7, 11) is 1.73. The Balaban J connectivity index is 2.10. The van der Waals surface area contributed by atoms with Crippen molar-refractivity contribution in [3.8, 4) is 0 Å². The van der Waals surface area contributed by atoms with Crippen LogP contribution >= 0.6 is 0 Å². The van der Waals surface area contributed by atoms with E-state index in [-0.39, 0.29) is 25.1 Å². The molecule has 0 radical (unpaired) electrons. The first kappa shape index (κ1) is 10.3. The first-order chi connectivity index (χ1) is 6.69. The van der Waals surface area contributed by atoms with Gasteiger partial charge in [0.2, 0.25) is 0 Å². The molecule has 0 spiro atoms. The highest BCUT2D eigenvalue weighted by molar-refractivity contribution is 5.05. The summed E-state index contributed by atoms with van der Waals surface area (Å²) < 4.78 is 5.48. The van der Waals surface area contributed by atoms with Crippen LogP contribution in [-0.2, 0) is 4.74 Å². The Bertz CT molecular complexity index is 216. The highest BCUT2D eigenvalue weighted by Crippen LogP contribution is 2.33. The van der Waals surface area contributed by atoms with Crippen LogP contribution in [0.4, 0.5) is 0 Å². The smallest absolute Gasteiger partial charge is 0.164 e. The molecule has 82 valence electrons. The number of aliphatic hydroxyl groups excluding tert-OH is 3. The second-order valence-electron chi connectivity index (χ2n) is 3.79. The Morgan fingerprint density at radius 3 is 2.64 bits per heavy atom. The molecule has 1 aliphatic heterocycles. The Morgan fingerprint density at radius 1 is 1.36 bits per heavy atom. The topological polar surface area (TPSA) is 94.0 Å². The fraction of sp³-hybridized carbons (Fsp3) is 1.00. The minimum absolute atomic E-state index is 0.183. The zero-order valence-corrected chi connectivity index (χ0v) is 7.92. The summed E-state index contributed by atoms with van der Waals surface area (Å²) in [6.07, 6.45) is -2.44. The summed E-state index contributed by atoms with van der Waals surface area (Å²) in [6.45, 7) is -0.183. The van der Waals surface area contributed by atoms with Crippen molar-refractivity contribution in [2.24, 2.45) is 5.92 Å². The molecule has 14 heavy (non-hydrogen) atoms. The average molecular weight is 204 g/mol. The van der Waals surface area contributed by atoms with Crippen LogP contribution in [0.2, 0.25) is 0 Å². The summed E-state index contributed by atoms with van der Waals surface area (Å²) >= 11 is 0. The van der Waals surface area contributed by atoms with Crippen LogP contribution in [0.3, 0.4) is 0 Å². The molecule has 0 bridgehead atoms. The van der Waals surface area contributed by atoms with Crippen molar-refractivity contribution < 1.29 is 20.1 Å². The molecule has 0 aromatic carbocycles. The lowest BCUT2D eigenvalue weighted by Gasteiger charge is -2.20. The third kappa shape index (κ3) is 1.35. The van der Waals surface area contributed by atoms with Crippen molar-refractivity contribution >= 4 is 0 Å². The minimum atomic E-state index is -0.916. The van der Waals surface area contributed by atoms with Crippen molar-refractivity contribution in [3.63, 3.8) is 0 Å². The maximum Gasteiger partial charge on any atom is 0.164 e. The van der Waals surface area contributed by atoms with E-state index in [1.54, 1.807) is 7.05 Å². The number of aliphatic hydroxyl groups is 3. The van der Waals surface area contributed by atoms with Crippen LogP contribution in [0.15, 0.2) is 0 Å². The van der Waals surface area contributed by atoms with E-state index in [2.05, 4.69) is 10.6 Å². The van der Waals surface area contributed by atoms with Gasteiger partial charge in [-0.2, -0.15) is 0 Å². The van der Waals surface area contributed by atoms with Crippen LogP contribution in [-0.4, -0.2) is 59.7 Å². The molecule has 6 heteroatoms. The first-order valence-corrected chi connectivity index (χ1v) is 4.74. The lowest BCUT2D eigenvalue weighted by molar-refractivity contribution is -0.0541. The Morgan fingerprint density at radius 2 is 2.07 bits per heavy atom. The van der Waals surface area contributed by atoms with E-state index in [0.29, 0.717) is 0 Å². The fourth-order valence-electron chi connectivity index (χ4n) is 2.23. The summed E-state index contributed by atoms with van der Waals surface area (Å²) in [5.41, 5.74) is 0. The van der Waals surface area contributed by atoms with Gasteiger partial charge in [-0.25, -0.2) is 0 Å². The number of fused-ring (bicyclic) bond motifs is 1. The largest absolute Gasteiger partial charge is 0.396 e. The van der Waals surface area contributed by atoms with E-state index in [9.17, 15) is 10.2 Å². The molecule has 2 aliphatic rings. The Kier molecular flexibility index (Phi) is 2.74. The molecule has 1 saturated heterocycles. The minimum Gasteiger partial charge on any atom is -0.396 e. The number of nitrogens with one attached hydrogen (secondary N) is 2. The lowest BCUT2D eigenvalue weighted by Crippen LogP contribution is -2.46. The van der Waals surface area contributed by atoms with Crippen molar-refractivity contribution in [1.82, 2.24) is 10.6 Å². The fourth-order valence-corrected chi connectivity index (χ4v) is 2.23. The Hall–Kier alpha value is -0.240. The molecule has 1 saturated carbocycles. The van der Waals surface area contributed by atoms with E-state index in [0.717, 1.165) is 0 Å². The van der Waals surface area contributed by atoms with Gasteiger partial charge in [-0.05, 0) is 7.05 Å². The zero-order valence-electron chi connectivity index (χ0n) is 7.92. The molecule has 6 atom stereocenters. The van der Waals surface area contributed by atoms with Gasteiger partial charge in [-0.1, -0.05) is 0 Å². The SMILES string of the molecule is CNC1N[C@@H]2[C@@H](O)[C@H](O)[C@@H](CO)[C@@H]2O1. The molecular formula is C8H16N2O4. The van der Waals surface area contributed by atoms with Crippen molar-refractivity contribution in [3.05, 3.63) is 0 Å². The summed E-state index contributed by atoms with van der Waals surface area (Å²) in [6, 6.07) is -0.306. The van der Waals surface area contributed by atoms with E-state index in [1.807, 2.05) is 0 Å². The molecule has 1 heterocycles. The Labute approximate surface area is 81.9 Å². The molecule has 0 aromatic rings. The summed E-state index contributed by atoms with van der Waals surface area (Å²) in [5, 5.41) is 34.1. The van der Waals surface area contributed by atoms with Gasteiger partial charge in [0.25, 0.3) is 0 Å². The quantitative estimate of drug-likeness (QED) is 0.333. The zero-order chi connectivity index (χ0) is 10.3. The molecule has 0 aromatic heterocycles. The van der Waals surface area contributed by atoms with Gasteiger partial charge in [0.05, 0.1) is 31.0 Å². The van der Waals surface area contributed by atoms with Crippen LogP contribution in [0, 0.1) is 5.92 Å². The van der Waals surface area contributed by atoms with E-state index >= 15 is 0 Å². The molecule has 2 rings (SSSR count). The van der Waals surface area contributed by atoms with E-state index in [4.69, 9.17) is 9.84 Å². The van der Waals surface area contributed by atoms with Crippen molar-refractivity contribution in [2.45, 2.75) is 30.7 Å². The lowest BCUT2D eigenvalue weighted by atomic mass is 10.1. The number of hydrogen-bond donors (Lipinski definition) is 5. The molecular weight excluding hydrogens is 188 g/mol. The monoisotopic (exact) mass is 204 g/mol. The first-order valence-electron chi connectivity index (χ1n) is 4.74. The summed E-state index contributed by atoms with van der Waals surface area (Å²) in [4.78, 5) is 0. The van der Waals surface area contributed by atoms with Crippen LogP contribution in [0.5, 0.6) is 0 Å². The molecule has 5 N–H and O–H groups in total. The maximum atomic E-state index is 9.65. The van der Waals surface area contributed by atoms with Gasteiger partial charge >= 0.3 is 0 Å². The predicted octanol–water partition coefficient (Wildman–Crippen LogP) is -2.81. The van der Waals surface area contributed by atoms with Crippen LogP contribution < -0.4 is 10.6 Å². The highest BCUT2D eigenvalue weighted by atomic mass is 16.5. The molecule has 2 fully saturated rings. The van der Waals surface area contributed by atoms with Gasteiger partial charge in [0, 0.05) is 5.92 Å². The van der Waals surface area contributed by atoms with Crippen molar-refractivity contribution in [1.29, 1.82) is 0 Å². The summed E-state index contributed by atoms with van der Waals surface area (Å²) in [5.74, 6) is -0.416. The normalized spacial score (nSPS) is 52.3. The van der Waals surface area contributed by atoms with E-state index < -0.39 is 18.1 Å². The average Bonchev–Trinajstić information content (AvgIpc) is 2.69. The molecule has 0 amide bonds.